The van der Waals surface area contributed by atoms with Crippen molar-refractivity contribution < 1.29 is 15.0 Å². The van der Waals surface area contributed by atoms with E-state index in [0.29, 0.717) is 6.54 Å². The molecule has 2 heterocycles. The van der Waals surface area contributed by atoms with E-state index in [1.807, 2.05) is 39.1 Å². The molecular weight excluding hydrogens is 330 g/mol. The monoisotopic (exact) mass is 353 g/mol. The number of hydrogen-bond donors (Lipinski definition) is 3. The van der Waals surface area contributed by atoms with E-state index in [1.165, 1.54) is 0 Å². The van der Waals surface area contributed by atoms with Crippen molar-refractivity contribution in [3.63, 3.8) is 0 Å². The number of nitrogens with one attached hydrogen (secondary N) is 1. The number of aromatic hydroxyl groups is 1. The minimum absolute atomic E-state index is 0.0166. The number of phenolic OH excluding ortho intramolecular Hbond substituents is 1. The molecule has 0 spiro atoms. The van der Waals surface area contributed by atoms with Crippen LogP contribution in [0.3, 0.4) is 0 Å². The van der Waals surface area contributed by atoms with Crippen LogP contribution in [0.5, 0.6) is 5.75 Å². The highest BCUT2D eigenvalue weighted by Crippen LogP contribution is 2.49. The molecule has 0 radical (unpaired) electrons. The fourth-order valence-electron chi connectivity index (χ4n) is 3.94. The quantitative estimate of drug-likeness (QED) is 0.791. The van der Waals surface area contributed by atoms with Crippen LogP contribution in [0.4, 0.5) is 17.1 Å². The maximum absolute atomic E-state index is 12.8. The summed E-state index contributed by atoms with van der Waals surface area (Å²) in [6.45, 7) is 4.08. The molecule has 26 heavy (non-hydrogen) atoms. The number of hydrogen-bond acceptors (Lipinski definition) is 5. The molecule has 0 saturated carbocycles. The third-order valence-electron chi connectivity index (χ3n) is 5.45. The molecule has 0 aromatic heterocycles. The number of aliphatic hydroxyl groups excluding tert-OH is 1. The number of anilines is 3. The summed E-state index contributed by atoms with van der Waals surface area (Å²) in [6.07, 6.45) is -0.0433. The average Bonchev–Trinajstić information content (AvgIpc) is 3.03. The largest absolute Gasteiger partial charge is 0.508 e. The zero-order valence-corrected chi connectivity index (χ0v) is 15.2. The van der Waals surface area contributed by atoms with Crippen molar-refractivity contribution in [1.29, 1.82) is 0 Å². The molecule has 0 saturated heterocycles. The molecule has 2 aliphatic heterocycles. The van der Waals surface area contributed by atoms with E-state index in [0.717, 1.165) is 28.2 Å². The molecule has 1 unspecified atom stereocenters. The second kappa shape index (κ2) is 5.64. The minimum Gasteiger partial charge on any atom is -0.508 e. The van der Waals surface area contributed by atoms with Crippen LogP contribution >= 0.6 is 0 Å². The average molecular weight is 353 g/mol. The second-order valence-corrected chi connectivity index (χ2v) is 7.44. The first kappa shape index (κ1) is 16.7. The normalized spacial score (nSPS) is 20.2. The van der Waals surface area contributed by atoms with Crippen molar-refractivity contribution in [2.45, 2.75) is 25.4 Å². The van der Waals surface area contributed by atoms with E-state index < -0.39 is 5.41 Å². The number of β-amino-alcohol motifs (C(OH)–C–C–N with tert-alkyl or cyclic N) is 1. The van der Waals surface area contributed by atoms with Gasteiger partial charge in [0.05, 0.1) is 29.1 Å². The van der Waals surface area contributed by atoms with E-state index in [1.54, 1.807) is 17.0 Å². The number of phenols is 1. The van der Waals surface area contributed by atoms with Gasteiger partial charge in [0, 0.05) is 13.6 Å². The Bertz CT molecular complexity index is 877. The Kier molecular flexibility index (Phi) is 3.63. The van der Waals surface area contributed by atoms with E-state index in [2.05, 4.69) is 16.3 Å². The molecule has 136 valence electrons. The summed E-state index contributed by atoms with van der Waals surface area (Å²) in [6, 6.07) is 11.2. The van der Waals surface area contributed by atoms with Crippen molar-refractivity contribution in [2.75, 3.05) is 35.3 Å². The van der Waals surface area contributed by atoms with Crippen LogP contribution < -0.4 is 15.1 Å². The van der Waals surface area contributed by atoms with Gasteiger partial charge in [0.1, 0.15) is 11.9 Å². The maximum atomic E-state index is 12.8. The lowest BCUT2D eigenvalue weighted by molar-refractivity contribution is -0.122. The first-order valence-corrected chi connectivity index (χ1v) is 8.74. The fourth-order valence-corrected chi connectivity index (χ4v) is 3.94. The molecule has 6 heteroatoms. The van der Waals surface area contributed by atoms with Gasteiger partial charge in [0.15, 0.2) is 0 Å². The lowest BCUT2D eigenvalue weighted by Gasteiger charge is -2.23. The summed E-state index contributed by atoms with van der Waals surface area (Å²) in [5.41, 5.74) is 4.27. The van der Waals surface area contributed by atoms with Gasteiger partial charge in [-0.3, -0.25) is 4.79 Å². The molecule has 0 bridgehead atoms. The van der Waals surface area contributed by atoms with E-state index in [9.17, 15) is 15.0 Å². The number of carbonyl (C=O) groups excluding carboxylic acids is 1. The third kappa shape index (κ3) is 2.25. The van der Waals surface area contributed by atoms with Crippen LogP contribution in [0.1, 0.15) is 31.1 Å². The molecule has 2 aromatic carbocycles. The van der Waals surface area contributed by atoms with Gasteiger partial charge < -0.3 is 25.3 Å². The van der Waals surface area contributed by atoms with Crippen molar-refractivity contribution in [2.24, 2.45) is 0 Å². The Morgan fingerprint density at radius 2 is 1.85 bits per heavy atom. The van der Waals surface area contributed by atoms with Gasteiger partial charge in [-0.15, -0.1) is 0 Å². The van der Waals surface area contributed by atoms with Crippen LogP contribution in [0.2, 0.25) is 0 Å². The van der Waals surface area contributed by atoms with Gasteiger partial charge in [-0.1, -0.05) is 12.1 Å². The summed E-state index contributed by atoms with van der Waals surface area (Å²) < 4.78 is 0. The highest BCUT2D eigenvalue weighted by Gasteiger charge is 2.45. The van der Waals surface area contributed by atoms with Crippen molar-refractivity contribution in [3.8, 4) is 5.75 Å². The Morgan fingerprint density at radius 1 is 1.15 bits per heavy atom. The van der Waals surface area contributed by atoms with Gasteiger partial charge in [-0.2, -0.15) is 0 Å². The van der Waals surface area contributed by atoms with Crippen LogP contribution in [0.15, 0.2) is 36.4 Å². The molecule has 0 aliphatic carbocycles. The minimum atomic E-state index is -0.615. The van der Waals surface area contributed by atoms with Crippen LogP contribution in [0, 0.1) is 0 Å². The van der Waals surface area contributed by atoms with Crippen molar-refractivity contribution >= 4 is 23.0 Å². The van der Waals surface area contributed by atoms with Crippen LogP contribution in [-0.2, 0) is 10.2 Å². The summed E-state index contributed by atoms with van der Waals surface area (Å²) in [5, 5.41) is 22.4. The predicted octanol–water partition coefficient (Wildman–Crippen LogP) is 2.57. The summed E-state index contributed by atoms with van der Waals surface area (Å²) in [7, 11) is 2.00. The predicted molar refractivity (Wildman–Crippen MR) is 102 cm³/mol. The highest BCUT2D eigenvalue weighted by atomic mass is 16.3. The molecule has 1 atom stereocenters. The first-order chi connectivity index (χ1) is 12.3. The third-order valence-corrected chi connectivity index (χ3v) is 5.45. The molecule has 2 aromatic rings. The summed E-state index contributed by atoms with van der Waals surface area (Å²) >= 11 is 0. The Labute approximate surface area is 152 Å². The number of carbonyl (C=O) groups is 1. The van der Waals surface area contributed by atoms with Gasteiger partial charge in [-0.25, -0.2) is 0 Å². The number of nitrogens with zero attached hydrogens (tertiary/aromatic N) is 2. The van der Waals surface area contributed by atoms with Gasteiger partial charge in [0.25, 0.3) is 0 Å². The smallest absolute Gasteiger partial charge is 0.237 e. The topological polar surface area (TPSA) is 76.0 Å². The molecule has 6 nitrogen and oxygen atoms in total. The fraction of sp³-hybridized carbons (Fsp3) is 0.350. The standard InChI is InChI=1S/C20H23N3O3/c1-20(2)14-10-15-17(11-16(14)23(8-9-24)19(20)26)22(3)18(21-15)12-4-6-13(25)7-5-12/h4-7,10-11,18,21,24-25H,8-9H2,1-3H3. The maximum Gasteiger partial charge on any atom is 0.237 e. The highest BCUT2D eigenvalue weighted by molar-refractivity contribution is 6.09. The lowest BCUT2D eigenvalue weighted by Crippen LogP contribution is -2.37. The molecule has 0 fully saturated rings. The molecular formula is C20H23N3O3. The van der Waals surface area contributed by atoms with Crippen LogP contribution in [0.25, 0.3) is 0 Å². The van der Waals surface area contributed by atoms with E-state index >= 15 is 0 Å². The zero-order chi connectivity index (χ0) is 18.6. The number of rotatable bonds is 3. The first-order valence-electron chi connectivity index (χ1n) is 8.74. The zero-order valence-electron chi connectivity index (χ0n) is 15.2. The Balaban J connectivity index is 1.76. The second-order valence-electron chi connectivity index (χ2n) is 7.44. The summed E-state index contributed by atoms with van der Waals surface area (Å²) in [4.78, 5) is 16.6. The van der Waals surface area contributed by atoms with Gasteiger partial charge >= 0.3 is 0 Å². The van der Waals surface area contributed by atoms with Crippen LogP contribution in [-0.4, -0.2) is 36.3 Å². The molecule has 1 amide bonds. The molecule has 2 aliphatic rings. The van der Waals surface area contributed by atoms with Gasteiger partial charge in [0.2, 0.25) is 5.91 Å². The SMILES string of the molecule is CN1c2cc3c(cc2NC1c1ccc(O)cc1)C(C)(C)C(=O)N3CCO. The lowest BCUT2D eigenvalue weighted by atomic mass is 9.86. The van der Waals surface area contributed by atoms with Gasteiger partial charge in [-0.05, 0) is 49.2 Å². The Morgan fingerprint density at radius 3 is 2.50 bits per heavy atom. The van der Waals surface area contributed by atoms with Crippen molar-refractivity contribution in [1.82, 2.24) is 0 Å². The number of aliphatic hydroxyl groups is 1. The van der Waals surface area contributed by atoms with Crippen molar-refractivity contribution in [3.05, 3.63) is 47.5 Å². The molecule has 4 rings (SSSR count). The Hall–Kier alpha value is -2.73. The number of fused-ring (bicyclic) bond motifs is 2. The summed E-state index contributed by atoms with van der Waals surface area (Å²) in [5.74, 6) is 0.258. The van der Waals surface area contributed by atoms with E-state index in [-0.39, 0.29) is 24.4 Å². The van der Waals surface area contributed by atoms with E-state index in [4.69, 9.17) is 0 Å². The number of amides is 1. The number of benzene rings is 2. The molecule has 3 N–H and O–H groups in total.